The van der Waals surface area contributed by atoms with Crippen LogP contribution in [0, 0.1) is 5.82 Å². The highest BCUT2D eigenvalue weighted by Crippen LogP contribution is 2.16. The monoisotopic (exact) mass is 281 g/mol. The first-order chi connectivity index (χ1) is 9.45. The summed E-state index contributed by atoms with van der Waals surface area (Å²) in [7, 11) is 0. The highest BCUT2D eigenvalue weighted by atomic mass is 19.1. The number of anilines is 1. The summed E-state index contributed by atoms with van der Waals surface area (Å²) in [6.07, 6.45) is 1.53. The summed E-state index contributed by atoms with van der Waals surface area (Å²) in [5.41, 5.74) is -0.269. The Morgan fingerprint density at radius 1 is 1.55 bits per heavy atom. The maximum atomic E-state index is 13.6. The third-order valence-electron chi connectivity index (χ3n) is 2.53. The average molecular weight is 281 g/mol. The lowest BCUT2D eigenvalue weighted by atomic mass is 10.2. The van der Waals surface area contributed by atoms with E-state index in [0.717, 1.165) is 6.07 Å². The van der Waals surface area contributed by atoms with Gasteiger partial charge in [0.05, 0.1) is 17.9 Å². The van der Waals surface area contributed by atoms with Crippen molar-refractivity contribution < 1.29 is 23.8 Å². The number of carbonyl (C=O) groups is 2. The molecule has 0 fully saturated rings. The molecule has 108 valence electrons. The van der Waals surface area contributed by atoms with Gasteiger partial charge < -0.3 is 15.2 Å². The molecule has 0 saturated carbocycles. The lowest BCUT2D eigenvalue weighted by molar-refractivity contribution is -0.126. The van der Waals surface area contributed by atoms with Gasteiger partial charge in [-0.05, 0) is 31.5 Å². The Labute approximate surface area is 116 Å². The number of carboxylic acid groups (broad SMARTS) is 1. The fourth-order valence-corrected chi connectivity index (χ4v) is 1.39. The van der Waals surface area contributed by atoms with E-state index in [-0.39, 0.29) is 11.3 Å². The molecule has 20 heavy (non-hydrogen) atoms. The Hall–Kier alpha value is -2.21. The van der Waals surface area contributed by atoms with Crippen molar-refractivity contribution in [2.45, 2.75) is 19.4 Å². The summed E-state index contributed by atoms with van der Waals surface area (Å²) in [4.78, 5) is 22.4. The molecule has 0 heterocycles. The van der Waals surface area contributed by atoms with Crippen molar-refractivity contribution in [2.24, 2.45) is 0 Å². The number of benzene rings is 1. The molecule has 0 bridgehead atoms. The van der Waals surface area contributed by atoms with Gasteiger partial charge in [-0.25, -0.2) is 9.18 Å². The van der Waals surface area contributed by atoms with Crippen LogP contribution in [-0.4, -0.2) is 29.7 Å². The zero-order valence-electron chi connectivity index (χ0n) is 11.1. The van der Waals surface area contributed by atoms with Gasteiger partial charge in [-0.15, -0.1) is 6.58 Å². The molecule has 0 aromatic heterocycles. The van der Waals surface area contributed by atoms with Crippen LogP contribution in [-0.2, 0) is 9.53 Å². The summed E-state index contributed by atoms with van der Waals surface area (Å²) in [6.45, 7) is 5.42. The van der Waals surface area contributed by atoms with Gasteiger partial charge in [-0.3, -0.25) is 4.79 Å². The van der Waals surface area contributed by atoms with Crippen LogP contribution >= 0.6 is 0 Å². The Morgan fingerprint density at radius 3 is 2.80 bits per heavy atom. The minimum absolute atomic E-state index is 0.0841. The van der Waals surface area contributed by atoms with Gasteiger partial charge in [0, 0.05) is 0 Å². The first kappa shape index (κ1) is 15.8. The lowest BCUT2D eigenvalue weighted by Gasteiger charge is -2.13. The lowest BCUT2D eigenvalue weighted by Crippen LogP contribution is -2.28. The predicted octanol–water partition coefficient (Wildman–Crippen LogP) is 2.44. The predicted molar refractivity (Wildman–Crippen MR) is 72.2 cm³/mol. The molecule has 1 aromatic rings. The molecule has 6 heteroatoms. The number of carbonyl (C=O) groups excluding carboxylic acids is 1. The SMILES string of the molecule is C=CCCOC(C)C(=O)Nc1ccc(C(=O)O)cc1F. The van der Waals surface area contributed by atoms with Gasteiger partial charge >= 0.3 is 5.97 Å². The number of ether oxygens (including phenoxy) is 1. The minimum Gasteiger partial charge on any atom is -0.478 e. The molecule has 0 radical (unpaired) electrons. The van der Waals surface area contributed by atoms with Crippen molar-refractivity contribution in [2.75, 3.05) is 11.9 Å². The molecular formula is C14H16FNO4. The van der Waals surface area contributed by atoms with Crippen LogP contribution in [0.5, 0.6) is 0 Å². The van der Waals surface area contributed by atoms with Gasteiger partial charge in [-0.2, -0.15) is 0 Å². The van der Waals surface area contributed by atoms with Gasteiger partial charge in [0.15, 0.2) is 0 Å². The quantitative estimate of drug-likeness (QED) is 0.594. The maximum Gasteiger partial charge on any atom is 0.335 e. The Kier molecular flexibility index (Phi) is 5.86. The largest absolute Gasteiger partial charge is 0.478 e. The standard InChI is InChI=1S/C14H16FNO4/c1-3-4-7-20-9(2)13(17)16-12-6-5-10(14(18)19)8-11(12)15/h3,5-6,8-9H,1,4,7H2,2H3,(H,16,17)(H,18,19). The van der Waals surface area contributed by atoms with Crippen LogP contribution in [0.15, 0.2) is 30.9 Å². The van der Waals surface area contributed by atoms with E-state index in [2.05, 4.69) is 11.9 Å². The fraction of sp³-hybridized carbons (Fsp3) is 0.286. The van der Waals surface area contributed by atoms with Gasteiger partial charge in [0.1, 0.15) is 11.9 Å². The van der Waals surface area contributed by atoms with E-state index in [9.17, 15) is 14.0 Å². The van der Waals surface area contributed by atoms with E-state index in [1.54, 1.807) is 13.0 Å². The number of nitrogens with one attached hydrogen (secondary N) is 1. The Bertz CT molecular complexity index is 516. The van der Waals surface area contributed by atoms with Crippen molar-refractivity contribution in [1.82, 2.24) is 0 Å². The van der Waals surface area contributed by atoms with E-state index < -0.39 is 23.8 Å². The second kappa shape index (κ2) is 7.40. The number of halogens is 1. The van der Waals surface area contributed by atoms with Crippen molar-refractivity contribution in [1.29, 1.82) is 0 Å². The molecule has 0 aliphatic heterocycles. The van der Waals surface area contributed by atoms with Crippen LogP contribution in [0.3, 0.4) is 0 Å². The van der Waals surface area contributed by atoms with Crippen molar-refractivity contribution in [3.05, 3.63) is 42.2 Å². The summed E-state index contributed by atoms with van der Waals surface area (Å²) in [6, 6.07) is 3.26. The Balaban J connectivity index is 2.66. The summed E-state index contributed by atoms with van der Waals surface area (Å²) in [5.74, 6) is -2.55. The molecule has 1 amide bonds. The van der Waals surface area contributed by atoms with Crippen molar-refractivity contribution in [3.63, 3.8) is 0 Å². The highest BCUT2D eigenvalue weighted by molar-refractivity contribution is 5.95. The number of rotatable bonds is 7. The third kappa shape index (κ3) is 4.47. The maximum absolute atomic E-state index is 13.6. The molecule has 2 N–H and O–H groups in total. The average Bonchev–Trinajstić information content (AvgIpc) is 2.40. The zero-order chi connectivity index (χ0) is 15.1. The zero-order valence-corrected chi connectivity index (χ0v) is 11.1. The number of aromatic carboxylic acids is 1. The van der Waals surface area contributed by atoms with Crippen LogP contribution in [0.1, 0.15) is 23.7 Å². The van der Waals surface area contributed by atoms with E-state index in [1.165, 1.54) is 12.1 Å². The van der Waals surface area contributed by atoms with Crippen LogP contribution in [0.25, 0.3) is 0 Å². The number of carboxylic acids is 1. The summed E-state index contributed by atoms with van der Waals surface area (Å²) >= 11 is 0. The molecule has 1 aromatic carbocycles. The van der Waals surface area contributed by atoms with Crippen LogP contribution in [0.2, 0.25) is 0 Å². The van der Waals surface area contributed by atoms with Crippen LogP contribution in [0.4, 0.5) is 10.1 Å². The van der Waals surface area contributed by atoms with E-state index in [1.807, 2.05) is 0 Å². The number of hydrogen-bond donors (Lipinski definition) is 2. The van der Waals surface area contributed by atoms with Gasteiger partial charge in [-0.1, -0.05) is 6.08 Å². The van der Waals surface area contributed by atoms with Crippen LogP contribution < -0.4 is 5.32 Å². The Morgan fingerprint density at radius 2 is 2.25 bits per heavy atom. The van der Waals surface area contributed by atoms with E-state index in [0.29, 0.717) is 13.0 Å². The number of amides is 1. The second-order valence-corrected chi connectivity index (χ2v) is 4.08. The topological polar surface area (TPSA) is 75.6 Å². The number of hydrogen-bond acceptors (Lipinski definition) is 3. The third-order valence-corrected chi connectivity index (χ3v) is 2.53. The van der Waals surface area contributed by atoms with Crippen molar-refractivity contribution >= 4 is 17.6 Å². The molecule has 1 unspecified atom stereocenters. The molecule has 0 saturated heterocycles. The molecule has 0 aliphatic rings. The van der Waals surface area contributed by atoms with E-state index in [4.69, 9.17) is 9.84 Å². The fourth-order valence-electron chi connectivity index (χ4n) is 1.39. The molecular weight excluding hydrogens is 265 g/mol. The molecule has 5 nitrogen and oxygen atoms in total. The minimum atomic E-state index is -1.23. The summed E-state index contributed by atoms with van der Waals surface area (Å²) in [5, 5.41) is 11.1. The molecule has 1 atom stereocenters. The first-order valence-electron chi connectivity index (χ1n) is 6.02. The second-order valence-electron chi connectivity index (χ2n) is 4.08. The van der Waals surface area contributed by atoms with Gasteiger partial charge in [0.25, 0.3) is 5.91 Å². The molecule has 0 aliphatic carbocycles. The normalized spacial score (nSPS) is 11.7. The van der Waals surface area contributed by atoms with Crippen molar-refractivity contribution in [3.8, 4) is 0 Å². The smallest absolute Gasteiger partial charge is 0.335 e. The van der Waals surface area contributed by atoms with E-state index >= 15 is 0 Å². The molecule has 0 spiro atoms. The highest BCUT2D eigenvalue weighted by Gasteiger charge is 2.16. The summed E-state index contributed by atoms with van der Waals surface area (Å²) < 4.78 is 18.8. The molecule has 1 rings (SSSR count). The first-order valence-corrected chi connectivity index (χ1v) is 6.02. The van der Waals surface area contributed by atoms with Gasteiger partial charge in [0.2, 0.25) is 0 Å².